The lowest BCUT2D eigenvalue weighted by molar-refractivity contribution is -0.0366. The summed E-state index contributed by atoms with van der Waals surface area (Å²) in [6.07, 6.45) is 14.5. The van der Waals surface area contributed by atoms with Gasteiger partial charge in [-0.15, -0.1) is 0 Å². The van der Waals surface area contributed by atoms with Gasteiger partial charge in [0.05, 0.1) is 18.0 Å². The molecule has 3 fully saturated rings. The molecule has 3 heteroatoms. The largest absolute Gasteiger partial charge is 0.497 e. The normalized spacial score (nSPS) is 47.1. The van der Waals surface area contributed by atoms with Gasteiger partial charge in [-0.25, -0.2) is 0 Å². The molecule has 162 valence electrons. The van der Waals surface area contributed by atoms with Crippen molar-refractivity contribution in [2.45, 2.75) is 84.5 Å². The van der Waals surface area contributed by atoms with Gasteiger partial charge in [-0.1, -0.05) is 37.6 Å². The molecule has 3 aliphatic carbocycles. The number of hydrogen-bond donors (Lipinski definition) is 1. The zero-order chi connectivity index (χ0) is 21.0. The average molecular weight is 401 g/mol. The summed E-state index contributed by atoms with van der Waals surface area (Å²) in [7, 11) is 1.85. The molecular formula is C26H40O3. The third-order valence-corrected chi connectivity index (χ3v) is 8.80. The zero-order valence-corrected chi connectivity index (χ0v) is 19.2. The molecule has 1 N–H and O–H groups in total. The van der Waals surface area contributed by atoms with Gasteiger partial charge in [-0.3, -0.25) is 0 Å². The second-order valence-corrected chi connectivity index (χ2v) is 11.1. The Labute approximate surface area is 177 Å². The number of fused-ring (bicyclic) bond motifs is 1. The van der Waals surface area contributed by atoms with Crippen molar-refractivity contribution in [3.63, 3.8) is 0 Å². The first-order chi connectivity index (χ1) is 13.7. The Hall–Kier alpha value is -1.06. The van der Waals surface area contributed by atoms with Gasteiger partial charge in [0, 0.05) is 25.0 Å². The smallest absolute Gasteiger partial charge is 0.108 e. The van der Waals surface area contributed by atoms with Crippen LogP contribution in [-0.2, 0) is 9.47 Å². The van der Waals surface area contributed by atoms with Crippen molar-refractivity contribution in [1.29, 1.82) is 0 Å². The molecule has 0 spiro atoms. The van der Waals surface area contributed by atoms with Crippen LogP contribution in [0.1, 0.15) is 66.7 Å². The molecule has 0 amide bonds. The van der Waals surface area contributed by atoms with Crippen LogP contribution < -0.4 is 0 Å². The van der Waals surface area contributed by atoms with E-state index in [1.807, 2.05) is 20.3 Å². The van der Waals surface area contributed by atoms with Gasteiger partial charge in [0.2, 0.25) is 0 Å². The molecule has 3 saturated carbocycles. The monoisotopic (exact) mass is 400 g/mol. The Balaban J connectivity index is 1.65. The topological polar surface area (TPSA) is 38.7 Å². The standard InChI is InChI=1S/C26H40O3/c1-16(2)8-7-9-17(3)18-10-11-25(4)13-21-24-19(22(28-6)12-20(18)25)15-29-23(24)14-26(21,5)27/h7-9,15,17-18,20-24,27H,10-14H2,1-6H3. The highest BCUT2D eigenvalue weighted by atomic mass is 16.5. The fourth-order valence-electron chi connectivity index (χ4n) is 7.20. The molecule has 0 saturated heterocycles. The summed E-state index contributed by atoms with van der Waals surface area (Å²) < 4.78 is 12.1. The number of ether oxygens (including phenoxy) is 2. The maximum Gasteiger partial charge on any atom is 0.108 e. The van der Waals surface area contributed by atoms with Gasteiger partial charge >= 0.3 is 0 Å². The van der Waals surface area contributed by atoms with Crippen molar-refractivity contribution in [3.05, 3.63) is 35.6 Å². The predicted octanol–water partition coefficient (Wildman–Crippen LogP) is 5.66. The molecular weight excluding hydrogens is 360 g/mol. The van der Waals surface area contributed by atoms with E-state index in [2.05, 4.69) is 45.9 Å². The third kappa shape index (κ3) is 3.63. The molecule has 9 atom stereocenters. The van der Waals surface area contributed by atoms with Crippen LogP contribution >= 0.6 is 0 Å². The van der Waals surface area contributed by atoms with Crippen LogP contribution in [0.2, 0.25) is 0 Å². The molecule has 3 nitrogen and oxygen atoms in total. The summed E-state index contributed by atoms with van der Waals surface area (Å²) in [6, 6.07) is 0. The lowest BCUT2D eigenvalue weighted by Crippen LogP contribution is -2.43. The van der Waals surface area contributed by atoms with E-state index in [4.69, 9.17) is 9.47 Å². The van der Waals surface area contributed by atoms with Crippen molar-refractivity contribution in [1.82, 2.24) is 0 Å². The Bertz CT molecular complexity index is 713. The van der Waals surface area contributed by atoms with Gasteiger partial charge in [0.25, 0.3) is 0 Å². The number of methoxy groups -OCH3 is 1. The molecule has 1 heterocycles. The Morgan fingerprint density at radius 3 is 2.72 bits per heavy atom. The minimum Gasteiger partial charge on any atom is -0.497 e. The van der Waals surface area contributed by atoms with Crippen molar-refractivity contribution in [2.24, 2.45) is 35.0 Å². The zero-order valence-electron chi connectivity index (χ0n) is 19.2. The van der Waals surface area contributed by atoms with Gasteiger partial charge in [-0.05, 0) is 75.5 Å². The molecule has 29 heavy (non-hydrogen) atoms. The minimum atomic E-state index is -0.648. The average Bonchev–Trinajstić information content (AvgIpc) is 3.23. The molecule has 0 aromatic carbocycles. The Morgan fingerprint density at radius 1 is 1.28 bits per heavy atom. The van der Waals surface area contributed by atoms with E-state index < -0.39 is 5.60 Å². The number of aliphatic hydroxyl groups is 1. The SMILES string of the molecule is COC1CC2C(C(C)C=CC=C(C)C)CCC2(C)CC2C3C1=COC3CC2(C)O. The Kier molecular flexibility index (Phi) is 5.53. The lowest BCUT2D eigenvalue weighted by atomic mass is 9.61. The van der Waals surface area contributed by atoms with E-state index >= 15 is 0 Å². The first-order valence-corrected chi connectivity index (χ1v) is 11.6. The van der Waals surface area contributed by atoms with Gasteiger partial charge in [-0.2, -0.15) is 0 Å². The number of hydrogen-bond acceptors (Lipinski definition) is 3. The lowest BCUT2D eigenvalue weighted by Gasteiger charge is -2.45. The van der Waals surface area contributed by atoms with Crippen LogP contribution in [0, 0.1) is 35.0 Å². The van der Waals surface area contributed by atoms with Crippen LogP contribution in [0.4, 0.5) is 0 Å². The van der Waals surface area contributed by atoms with E-state index in [0.29, 0.717) is 23.7 Å². The summed E-state index contributed by atoms with van der Waals surface area (Å²) in [5.74, 6) is 2.41. The van der Waals surface area contributed by atoms with Crippen LogP contribution in [0.25, 0.3) is 0 Å². The maximum atomic E-state index is 11.3. The summed E-state index contributed by atoms with van der Waals surface area (Å²) in [5, 5.41) is 11.3. The first kappa shape index (κ1) is 21.2. The van der Waals surface area contributed by atoms with Crippen LogP contribution in [0.5, 0.6) is 0 Å². The van der Waals surface area contributed by atoms with Gasteiger partial charge < -0.3 is 14.6 Å². The van der Waals surface area contributed by atoms with Crippen LogP contribution in [-0.4, -0.2) is 30.0 Å². The molecule has 1 aliphatic heterocycles. The maximum absolute atomic E-state index is 11.3. The predicted molar refractivity (Wildman–Crippen MR) is 117 cm³/mol. The van der Waals surface area contributed by atoms with Crippen molar-refractivity contribution in [2.75, 3.05) is 7.11 Å². The van der Waals surface area contributed by atoms with E-state index in [1.165, 1.54) is 24.0 Å². The molecule has 0 aromatic heterocycles. The molecule has 0 aromatic rings. The highest BCUT2D eigenvalue weighted by molar-refractivity contribution is 5.26. The summed E-state index contributed by atoms with van der Waals surface area (Å²) in [6.45, 7) is 11.2. The summed E-state index contributed by atoms with van der Waals surface area (Å²) in [5.41, 5.74) is 2.26. The minimum absolute atomic E-state index is 0.112. The van der Waals surface area contributed by atoms with Gasteiger partial charge in [0.15, 0.2) is 0 Å². The second kappa shape index (κ2) is 7.57. The van der Waals surface area contributed by atoms with E-state index in [0.717, 1.165) is 19.3 Å². The van der Waals surface area contributed by atoms with Crippen LogP contribution in [0.3, 0.4) is 0 Å². The quantitative estimate of drug-likeness (QED) is 0.619. The summed E-state index contributed by atoms with van der Waals surface area (Å²) in [4.78, 5) is 0. The highest BCUT2D eigenvalue weighted by Gasteiger charge is 2.60. The first-order valence-electron chi connectivity index (χ1n) is 11.6. The molecule has 0 bridgehead atoms. The van der Waals surface area contributed by atoms with Crippen molar-refractivity contribution < 1.29 is 14.6 Å². The molecule has 4 rings (SSSR count). The number of allylic oxidation sites excluding steroid dienone is 4. The fourth-order valence-corrected chi connectivity index (χ4v) is 7.20. The fraction of sp³-hybridized carbons (Fsp3) is 0.769. The molecule has 9 unspecified atom stereocenters. The van der Waals surface area contributed by atoms with Crippen molar-refractivity contribution in [3.8, 4) is 0 Å². The van der Waals surface area contributed by atoms with Crippen molar-refractivity contribution >= 4 is 0 Å². The van der Waals surface area contributed by atoms with E-state index in [9.17, 15) is 5.11 Å². The summed E-state index contributed by atoms with van der Waals surface area (Å²) >= 11 is 0. The second-order valence-electron chi connectivity index (χ2n) is 11.1. The molecule has 4 aliphatic rings. The van der Waals surface area contributed by atoms with Gasteiger partial charge in [0.1, 0.15) is 6.10 Å². The molecule has 0 radical (unpaired) electrons. The van der Waals surface area contributed by atoms with Crippen LogP contribution in [0.15, 0.2) is 35.6 Å². The number of rotatable bonds is 4. The van der Waals surface area contributed by atoms with E-state index in [-0.39, 0.29) is 23.5 Å². The highest BCUT2D eigenvalue weighted by Crippen LogP contribution is 2.62. The third-order valence-electron chi connectivity index (χ3n) is 8.80. The Morgan fingerprint density at radius 2 is 2.03 bits per heavy atom. The van der Waals surface area contributed by atoms with E-state index in [1.54, 1.807) is 0 Å².